The maximum absolute atomic E-state index is 13.3. The fraction of sp³-hybridized carbons (Fsp3) is 0.476. The van der Waals surface area contributed by atoms with E-state index in [0.29, 0.717) is 18.7 Å². The highest BCUT2D eigenvalue weighted by Crippen LogP contribution is 2.36. The Labute approximate surface area is 173 Å². The van der Waals surface area contributed by atoms with E-state index >= 15 is 0 Å². The molecule has 160 valence electrons. The van der Waals surface area contributed by atoms with Crippen molar-refractivity contribution in [1.29, 1.82) is 0 Å². The number of aliphatic hydroxyl groups excluding tert-OH is 1. The number of carbonyl (C=O) groups excluding carboxylic acids is 1. The number of aliphatic hydroxyl groups is 1. The monoisotopic (exact) mass is 430 g/mol. The molecule has 1 aliphatic carbocycles. The van der Waals surface area contributed by atoms with Crippen LogP contribution in [0.1, 0.15) is 43.7 Å². The molecule has 3 N–H and O–H groups in total. The molecule has 2 unspecified atom stereocenters. The molecule has 0 aromatic heterocycles. The lowest BCUT2D eigenvalue weighted by Crippen LogP contribution is -2.34. The number of primary amides is 1. The van der Waals surface area contributed by atoms with Crippen molar-refractivity contribution in [2.45, 2.75) is 44.9 Å². The van der Waals surface area contributed by atoms with Crippen molar-refractivity contribution in [3.05, 3.63) is 52.1 Å². The molecule has 1 aromatic carbocycles. The van der Waals surface area contributed by atoms with Crippen LogP contribution >= 0.6 is 11.6 Å². The average molecular weight is 431 g/mol. The lowest BCUT2D eigenvalue weighted by atomic mass is 9.86. The van der Waals surface area contributed by atoms with E-state index in [2.05, 4.69) is 0 Å². The van der Waals surface area contributed by atoms with Gasteiger partial charge in [0.05, 0.1) is 11.7 Å². The molecule has 0 saturated heterocycles. The topological polar surface area (TPSA) is 66.6 Å². The SMILES string of the molecule is C/C=C(/C=C(/c1cc(C(F)(F)F)ccc1Cl)N(C)CC1CCCCC1O)C(N)=O. The highest BCUT2D eigenvalue weighted by atomic mass is 35.5. The van der Waals surface area contributed by atoms with Crippen LogP contribution in [0.3, 0.4) is 0 Å². The van der Waals surface area contributed by atoms with Crippen molar-refractivity contribution in [2.75, 3.05) is 13.6 Å². The molecule has 1 fully saturated rings. The van der Waals surface area contributed by atoms with Gasteiger partial charge >= 0.3 is 6.18 Å². The smallest absolute Gasteiger partial charge is 0.393 e. The summed E-state index contributed by atoms with van der Waals surface area (Å²) in [6, 6.07) is 3.08. The van der Waals surface area contributed by atoms with Gasteiger partial charge in [0.15, 0.2) is 0 Å². The van der Waals surface area contributed by atoms with Crippen molar-refractivity contribution in [3.63, 3.8) is 0 Å². The Bertz CT molecular complexity index is 806. The maximum atomic E-state index is 13.3. The number of hydrogen-bond acceptors (Lipinski definition) is 3. The first-order valence-corrected chi connectivity index (χ1v) is 9.86. The first-order valence-electron chi connectivity index (χ1n) is 9.48. The van der Waals surface area contributed by atoms with E-state index < -0.39 is 23.8 Å². The van der Waals surface area contributed by atoms with Crippen LogP contribution in [0.5, 0.6) is 0 Å². The molecule has 8 heteroatoms. The molecule has 4 nitrogen and oxygen atoms in total. The number of halogens is 4. The lowest BCUT2D eigenvalue weighted by molar-refractivity contribution is -0.137. The summed E-state index contributed by atoms with van der Waals surface area (Å²) in [6.45, 7) is 2.03. The molecule has 1 aliphatic rings. The molecule has 0 heterocycles. The number of hydrogen-bond donors (Lipinski definition) is 2. The van der Waals surface area contributed by atoms with Gasteiger partial charge in [0.25, 0.3) is 0 Å². The van der Waals surface area contributed by atoms with Crippen LogP contribution in [0.25, 0.3) is 5.70 Å². The van der Waals surface area contributed by atoms with Crippen molar-refractivity contribution in [3.8, 4) is 0 Å². The number of amides is 1. The number of rotatable bonds is 6. The second-order valence-corrected chi connectivity index (χ2v) is 7.73. The lowest BCUT2D eigenvalue weighted by Gasteiger charge is -2.33. The summed E-state index contributed by atoms with van der Waals surface area (Å²) in [5.41, 5.74) is 5.20. The van der Waals surface area contributed by atoms with E-state index in [4.69, 9.17) is 17.3 Å². The van der Waals surface area contributed by atoms with Crippen molar-refractivity contribution in [1.82, 2.24) is 4.90 Å². The molecule has 1 saturated carbocycles. The summed E-state index contributed by atoms with van der Waals surface area (Å²) in [6.07, 6.45) is 1.39. The number of benzene rings is 1. The van der Waals surface area contributed by atoms with E-state index in [1.165, 1.54) is 18.2 Å². The number of nitrogens with two attached hydrogens (primary N) is 1. The Morgan fingerprint density at radius 2 is 2.00 bits per heavy atom. The van der Waals surface area contributed by atoms with Crippen molar-refractivity contribution >= 4 is 23.2 Å². The third kappa shape index (κ3) is 6.00. The van der Waals surface area contributed by atoms with Gasteiger partial charge in [-0.25, -0.2) is 0 Å². The molecule has 0 aliphatic heterocycles. The molecule has 0 radical (unpaired) electrons. The minimum atomic E-state index is -4.53. The van der Waals surface area contributed by atoms with Crippen molar-refractivity contribution in [2.24, 2.45) is 11.7 Å². The molecular formula is C21H26ClF3N2O2. The van der Waals surface area contributed by atoms with Gasteiger partial charge in [0.1, 0.15) is 0 Å². The predicted molar refractivity (Wildman–Crippen MR) is 108 cm³/mol. The van der Waals surface area contributed by atoms with E-state index in [1.54, 1.807) is 18.9 Å². The first-order chi connectivity index (χ1) is 13.5. The van der Waals surface area contributed by atoms with Gasteiger partial charge in [-0.15, -0.1) is 0 Å². The van der Waals surface area contributed by atoms with Crippen LogP contribution in [0, 0.1) is 5.92 Å². The van der Waals surface area contributed by atoms with Gasteiger partial charge in [0.2, 0.25) is 5.91 Å². The zero-order valence-corrected chi connectivity index (χ0v) is 17.2. The maximum Gasteiger partial charge on any atom is 0.416 e. The normalized spacial score (nSPS) is 21.2. The standard InChI is InChI=1S/C21H26ClF3N2O2/c1-3-13(20(26)29)10-18(27(2)12-14-6-4-5-7-19(14)28)16-11-15(21(23,24)25)8-9-17(16)22/h3,8-11,14,19,28H,4-7,12H2,1-2H3,(H2,26,29)/b13-3-,18-10-. The fourth-order valence-electron chi connectivity index (χ4n) is 3.59. The number of alkyl halides is 3. The molecule has 0 spiro atoms. The molecular weight excluding hydrogens is 405 g/mol. The summed E-state index contributed by atoms with van der Waals surface area (Å²) >= 11 is 6.24. The van der Waals surface area contributed by atoms with Crippen LogP contribution in [0.15, 0.2) is 35.9 Å². The van der Waals surface area contributed by atoms with Crippen LogP contribution < -0.4 is 5.73 Å². The summed E-state index contributed by atoms with van der Waals surface area (Å²) < 4.78 is 39.8. The summed E-state index contributed by atoms with van der Waals surface area (Å²) in [5, 5.41) is 10.4. The van der Waals surface area contributed by atoms with E-state index in [1.807, 2.05) is 0 Å². The van der Waals surface area contributed by atoms with Gasteiger partial charge in [-0.1, -0.05) is 30.5 Å². The van der Waals surface area contributed by atoms with Crippen LogP contribution in [0.4, 0.5) is 13.2 Å². The zero-order chi connectivity index (χ0) is 21.8. The molecule has 1 amide bonds. The Morgan fingerprint density at radius 1 is 1.34 bits per heavy atom. The third-order valence-electron chi connectivity index (χ3n) is 5.25. The second-order valence-electron chi connectivity index (χ2n) is 7.32. The second kappa shape index (κ2) is 9.67. The molecule has 29 heavy (non-hydrogen) atoms. The van der Waals surface area contributed by atoms with Gasteiger partial charge in [0, 0.05) is 41.4 Å². The predicted octanol–water partition coefficient (Wildman–Crippen LogP) is 4.61. The fourth-order valence-corrected chi connectivity index (χ4v) is 3.80. The number of allylic oxidation sites excluding steroid dienone is 1. The van der Waals surface area contributed by atoms with E-state index in [9.17, 15) is 23.1 Å². The Balaban J connectivity index is 2.51. The quantitative estimate of drug-likeness (QED) is 0.511. The minimum absolute atomic E-state index is 0.0237. The third-order valence-corrected chi connectivity index (χ3v) is 5.58. The van der Waals surface area contributed by atoms with Gasteiger partial charge in [-0.2, -0.15) is 13.2 Å². The molecule has 1 aromatic rings. The minimum Gasteiger partial charge on any atom is -0.393 e. The summed E-state index contributed by atoms with van der Waals surface area (Å²) in [7, 11) is 1.71. The summed E-state index contributed by atoms with van der Waals surface area (Å²) in [4.78, 5) is 13.4. The van der Waals surface area contributed by atoms with E-state index in [-0.39, 0.29) is 22.1 Å². The largest absolute Gasteiger partial charge is 0.416 e. The Kier molecular flexibility index (Phi) is 7.77. The highest BCUT2D eigenvalue weighted by Gasteiger charge is 2.32. The average Bonchev–Trinajstić information content (AvgIpc) is 2.64. The van der Waals surface area contributed by atoms with Gasteiger partial charge < -0.3 is 15.7 Å². The van der Waals surface area contributed by atoms with Crippen LogP contribution in [0.2, 0.25) is 5.02 Å². The van der Waals surface area contributed by atoms with Gasteiger partial charge in [-0.05, 0) is 44.0 Å². The molecule has 0 bridgehead atoms. The van der Waals surface area contributed by atoms with Crippen molar-refractivity contribution < 1.29 is 23.1 Å². The number of carbonyl (C=O) groups is 1. The Hall–Kier alpha value is -1.99. The van der Waals surface area contributed by atoms with Crippen LogP contribution in [-0.2, 0) is 11.0 Å². The van der Waals surface area contributed by atoms with Gasteiger partial charge in [-0.3, -0.25) is 4.79 Å². The molecule has 2 rings (SSSR count). The van der Waals surface area contributed by atoms with E-state index in [0.717, 1.165) is 31.4 Å². The Morgan fingerprint density at radius 3 is 2.55 bits per heavy atom. The van der Waals surface area contributed by atoms with Crippen LogP contribution in [-0.4, -0.2) is 35.6 Å². The number of nitrogens with zero attached hydrogens (tertiary/aromatic N) is 1. The first kappa shape index (κ1) is 23.3. The zero-order valence-electron chi connectivity index (χ0n) is 16.5. The summed E-state index contributed by atoms with van der Waals surface area (Å²) in [5.74, 6) is -0.719. The highest BCUT2D eigenvalue weighted by molar-refractivity contribution is 6.32. The molecule has 2 atom stereocenters.